The Balaban J connectivity index is 2.77. The highest BCUT2D eigenvalue weighted by Crippen LogP contribution is 2.13. The van der Waals surface area contributed by atoms with Crippen LogP contribution in [0.5, 0.6) is 5.88 Å². The van der Waals surface area contributed by atoms with Crippen molar-refractivity contribution in [1.29, 1.82) is 0 Å². The van der Waals surface area contributed by atoms with Crippen LogP contribution in [0, 0.1) is 0 Å². The van der Waals surface area contributed by atoms with E-state index in [0.717, 1.165) is 18.7 Å². The minimum atomic E-state index is 0.579. The molecule has 0 amide bonds. The Kier molecular flexibility index (Phi) is 5.57. The summed E-state index contributed by atoms with van der Waals surface area (Å²) < 4.78 is 5.55. The second-order valence-corrected chi connectivity index (χ2v) is 3.57. The van der Waals surface area contributed by atoms with E-state index in [9.17, 15) is 0 Å². The smallest absolute Gasteiger partial charge is 0.214 e. The van der Waals surface area contributed by atoms with Crippen LogP contribution in [0.1, 0.15) is 25.1 Å². The highest BCUT2D eigenvalue weighted by Gasteiger charge is 2.01. The topological polar surface area (TPSA) is 34.1 Å². The van der Waals surface area contributed by atoms with Gasteiger partial charge in [-0.15, -0.1) is 0 Å². The Morgan fingerprint density at radius 1 is 1.44 bits per heavy atom. The fraction of sp³-hybridized carbons (Fsp3) is 0.462. The van der Waals surface area contributed by atoms with Crippen molar-refractivity contribution in [3.8, 4) is 5.88 Å². The maximum atomic E-state index is 5.55. The van der Waals surface area contributed by atoms with E-state index >= 15 is 0 Å². The maximum Gasteiger partial charge on any atom is 0.214 e. The standard InChI is InChI=1S/C13H20N2O/c1-4-6-7-16-13-9-11(10-14-3)8-12(5-2)15-13/h4,6,8-9,14H,5,7,10H2,1-3H3/b6-4+. The molecule has 88 valence electrons. The fourth-order valence-corrected chi connectivity index (χ4v) is 1.41. The lowest BCUT2D eigenvalue weighted by Crippen LogP contribution is -2.07. The Labute approximate surface area is 97.5 Å². The van der Waals surface area contributed by atoms with Crippen molar-refractivity contribution in [2.24, 2.45) is 0 Å². The molecule has 0 aliphatic heterocycles. The van der Waals surface area contributed by atoms with Crippen molar-refractivity contribution in [1.82, 2.24) is 10.3 Å². The van der Waals surface area contributed by atoms with E-state index in [4.69, 9.17) is 4.74 Å². The first kappa shape index (κ1) is 12.7. The molecule has 0 unspecified atom stereocenters. The van der Waals surface area contributed by atoms with Gasteiger partial charge in [-0.05, 0) is 32.0 Å². The normalized spacial score (nSPS) is 10.9. The van der Waals surface area contributed by atoms with Crippen LogP contribution in [-0.4, -0.2) is 18.6 Å². The van der Waals surface area contributed by atoms with Crippen molar-refractivity contribution in [3.05, 3.63) is 35.5 Å². The Morgan fingerprint density at radius 3 is 2.88 bits per heavy atom. The summed E-state index contributed by atoms with van der Waals surface area (Å²) >= 11 is 0. The second-order valence-electron chi connectivity index (χ2n) is 3.57. The Hall–Kier alpha value is -1.35. The third kappa shape index (κ3) is 4.03. The molecule has 0 aliphatic rings. The summed E-state index contributed by atoms with van der Waals surface area (Å²) in [5, 5.41) is 3.13. The molecule has 3 heteroatoms. The molecule has 1 N–H and O–H groups in total. The first-order chi connectivity index (χ1) is 7.80. The zero-order chi connectivity index (χ0) is 11.8. The van der Waals surface area contributed by atoms with E-state index in [0.29, 0.717) is 12.5 Å². The van der Waals surface area contributed by atoms with E-state index in [1.807, 2.05) is 32.2 Å². The molecule has 16 heavy (non-hydrogen) atoms. The Bertz CT molecular complexity index is 348. The van der Waals surface area contributed by atoms with Crippen LogP contribution >= 0.6 is 0 Å². The minimum absolute atomic E-state index is 0.579. The van der Waals surface area contributed by atoms with Gasteiger partial charge in [-0.2, -0.15) is 0 Å². The van der Waals surface area contributed by atoms with Crippen LogP contribution in [0.4, 0.5) is 0 Å². The highest BCUT2D eigenvalue weighted by molar-refractivity contribution is 5.25. The van der Waals surface area contributed by atoms with E-state index in [-0.39, 0.29) is 0 Å². The van der Waals surface area contributed by atoms with Gasteiger partial charge in [0.25, 0.3) is 0 Å². The first-order valence-electron chi connectivity index (χ1n) is 5.68. The molecule has 0 aromatic carbocycles. The summed E-state index contributed by atoms with van der Waals surface area (Å²) in [6, 6.07) is 4.10. The molecule has 0 bridgehead atoms. The number of rotatable bonds is 6. The SMILES string of the molecule is C/C=C/COc1cc(CNC)cc(CC)n1. The molecule has 0 saturated heterocycles. The van der Waals surface area contributed by atoms with Crippen molar-refractivity contribution < 1.29 is 4.74 Å². The summed E-state index contributed by atoms with van der Waals surface area (Å²) in [6.45, 7) is 5.50. The summed E-state index contributed by atoms with van der Waals surface area (Å²) in [6.07, 6.45) is 4.87. The summed E-state index contributed by atoms with van der Waals surface area (Å²) in [7, 11) is 1.94. The van der Waals surface area contributed by atoms with Crippen LogP contribution < -0.4 is 10.1 Å². The fourth-order valence-electron chi connectivity index (χ4n) is 1.41. The van der Waals surface area contributed by atoms with Gasteiger partial charge in [-0.25, -0.2) is 4.98 Å². The number of aromatic nitrogens is 1. The van der Waals surface area contributed by atoms with E-state index in [2.05, 4.69) is 23.3 Å². The van der Waals surface area contributed by atoms with Crippen molar-refractivity contribution in [2.75, 3.05) is 13.7 Å². The van der Waals surface area contributed by atoms with Crippen LogP contribution in [0.2, 0.25) is 0 Å². The first-order valence-corrected chi connectivity index (χ1v) is 5.68. The van der Waals surface area contributed by atoms with Gasteiger partial charge in [0.1, 0.15) is 6.61 Å². The number of aryl methyl sites for hydroxylation is 1. The molecule has 0 spiro atoms. The third-order valence-corrected chi connectivity index (χ3v) is 2.22. The molecule has 3 nitrogen and oxygen atoms in total. The van der Waals surface area contributed by atoms with Crippen LogP contribution in [0.3, 0.4) is 0 Å². The van der Waals surface area contributed by atoms with Crippen LogP contribution in [0.25, 0.3) is 0 Å². The van der Waals surface area contributed by atoms with Crippen molar-refractivity contribution in [2.45, 2.75) is 26.8 Å². The second kappa shape index (κ2) is 7.01. The lowest BCUT2D eigenvalue weighted by atomic mass is 10.2. The molecule has 1 rings (SSSR count). The van der Waals surface area contributed by atoms with Crippen molar-refractivity contribution >= 4 is 0 Å². The van der Waals surface area contributed by atoms with Gasteiger partial charge in [0.2, 0.25) is 5.88 Å². The minimum Gasteiger partial charge on any atom is -0.473 e. The van der Waals surface area contributed by atoms with Gasteiger partial charge in [0.05, 0.1) is 0 Å². The zero-order valence-electron chi connectivity index (χ0n) is 10.3. The van der Waals surface area contributed by atoms with Gasteiger partial charge in [-0.3, -0.25) is 0 Å². The number of allylic oxidation sites excluding steroid dienone is 1. The summed E-state index contributed by atoms with van der Waals surface area (Å²) in [5.74, 6) is 0.711. The lowest BCUT2D eigenvalue weighted by molar-refractivity contribution is 0.346. The number of nitrogens with zero attached hydrogens (tertiary/aromatic N) is 1. The number of nitrogens with one attached hydrogen (secondary N) is 1. The molecule has 1 aromatic rings. The van der Waals surface area contributed by atoms with Gasteiger partial charge in [0.15, 0.2) is 0 Å². The molecule has 1 heterocycles. The average Bonchev–Trinajstić information content (AvgIpc) is 2.29. The largest absolute Gasteiger partial charge is 0.473 e. The molecular weight excluding hydrogens is 200 g/mol. The van der Waals surface area contributed by atoms with Crippen LogP contribution in [0.15, 0.2) is 24.3 Å². The van der Waals surface area contributed by atoms with Gasteiger partial charge in [0, 0.05) is 18.3 Å². The Morgan fingerprint density at radius 2 is 2.25 bits per heavy atom. The average molecular weight is 220 g/mol. The van der Waals surface area contributed by atoms with E-state index in [1.54, 1.807) is 0 Å². The quantitative estimate of drug-likeness (QED) is 0.747. The molecule has 0 atom stereocenters. The molecule has 0 radical (unpaired) electrons. The monoisotopic (exact) mass is 220 g/mol. The van der Waals surface area contributed by atoms with Gasteiger partial charge >= 0.3 is 0 Å². The number of ether oxygens (including phenoxy) is 1. The maximum absolute atomic E-state index is 5.55. The van der Waals surface area contributed by atoms with Gasteiger partial charge < -0.3 is 10.1 Å². The predicted octanol–water partition coefficient (Wildman–Crippen LogP) is 2.32. The summed E-state index contributed by atoms with van der Waals surface area (Å²) in [5.41, 5.74) is 2.29. The third-order valence-electron chi connectivity index (χ3n) is 2.22. The number of hydrogen-bond acceptors (Lipinski definition) is 3. The van der Waals surface area contributed by atoms with Crippen LogP contribution in [-0.2, 0) is 13.0 Å². The highest BCUT2D eigenvalue weighted by atomic mass is 16.5. The molecule has 0 saturated carbocycles. The van der Waals surface area contributed by atoms with E-state index < -0.39 is 0 Å². The van der Waals surface area contributed by atoms with Gasteiger partial charge in [-0.1, -0.05) is 19.1 Å². The molecular formula is C13H20N2O. The lowest BCUT2D eigenvalue weighted by Gasteiger charge is -2.08. The van der Waals surface area contributed by atoms with Crippen molar-refractivity contribution in [3.63, 3.8) is 0 Å². The zero-order valence-corrected chi connectivity index (χ0v) is 10.3. The number of hydrogen-bond donors (Lipinski definition) is 1. The predicted molar refractivity (Wildman–Crippen MR) is 66.7 cm³/mol. The number of pyridine rings is 1. The molecule has 0 aliphatic carbocycles. The van der Waals surface area contributed by atoms with E-state index in [1.165, 1.54) is 5.56 Å². The molecule has 1 aromatic heterocycles. The summed E-state index contributed by atoms with van der Waals surface area (Å²) in [4.78, 5) is 4.42. The molecule has 0 fully saturated rings.